The lowest BCUT2D eigenvalue weighted by molar-refractivity contribution is 0.697. The van der Waals surface area contributed by atoms with E-state index < -0.39 is 0 Å². The molecule has 0 aromatic carbocycles. The molecule has 1 nitrogen and oxygen atoms in total. The highest BCUT2D eigenvalue weighted by atomic mass is 14.5. The van der Waals surface area contributed by atoms with Gasteiger partial charge >= 0.3 is 0 Å². The van der Waals surface area contributed by atoms with Crippen LogP contribution in [0, 0.1) is 5.92 Å². The van der Waals surface area contributed by atoms with Crippen molar-refractivity contribution in [1.82, 2.24) is 0 Å². The first kappa shape index (κ1) is 6.54. The molecule has 0 aliphatic carbocycles. The van der Waals surface area contributed by atoms with Gasteiger partial charge in [0.2, 0.25) is 0 Å². The summed E-state index contributed by atoms with van der Waals surface area (Å²) < 4.78 is 0. The minimum Gasteiger partial charge on any atom is -0.405 e. The molecule has 0 radical (unpaired) electrons. The van der Waals surface area contributed by atoms with Gasteiger partial charge in [0, 0.05) is 0 Å². The van der Waals surface area contributed by atoms with Gasteiger partial charge in [0.25, 0.3) is 0 Å². The largest absolute Gasteiger partial charge is 0.405 e. The van der Waals surface area contributed by atoms with E-state index in [1.54, 1.807) is 6.20 Å². The zero-order chi connectivity index (χ0) is 5.70. The topological polar surface area (TPSA) is 26.0 Å². The van der Waals surface area contributed by atoms with Gasteiger partial charge in [-0.25, -0.2) is 0 Å². The summed E-state index contributed by atoms with van der Waals surface area (Å²) in [5.41, 5.74) is 5.12. The maximum Gasteiger partial charge on any atom is -0.0100 e. The molecule has 0 aliphatic heterocycles. The van der Waals surface area contributed by atoms with Crippen molar-refractivity contribution in [2.45, 2.75) is 20.3 Å². The van der Waals surface area contributed by atoms with Gasteiger partial charge in [-0.05, 0) is 12.1 Å². The zero-order valence-corrected chi connectivity index (χ0v) is 5.02. The fraction of sp³-hybridized carbons (Fsp3) is 0.667. The van der Waals surface area contributed by atoms with Crippen LogP contribution in [0.25, 0.3) is 0 Å². The Bertz CT molecular complexity index is 57.2. The summed E-state index contributed by atoms with van der Waals surface area (Å²) in [6, 6.07) is 0. The Labute approximate surface area is 45.2 Å². The second-order valence-corrected chi connectivity index (χ2v) is 1.77. The third-order valence-corrected chi connectivity index (χ3v) is 1.08. The Kier molecular flexibility index (Phi) is 3.48. The third-order valence-electron chi connectivity index (χ3n) is 1.08. The maximum absolute atomic E-state index is 5.12. The van der Waals surface area contributed by atoms with Crippen LogP contribution in [-0.4, -0.2) is 0 Å². The summed E-state index contributed by atoms with van der Waals surface area (Å²) in [6.45, 7) is 4.29. The van der Waals surface area contributed by atoms with Crippen LogP contribution >= 0.6 is 0 Å². The van der Waals surface area contributed by atoms with Crippen molar-refractivity contribution < 1.29 is 0 Å². The fourth-order valence-corrected chi connectivity index (χ4v) is 0.326. The molecule has 0 fully saturated rings. The summed E-state index contributed by atoms with van der Waals surface area (Å²) in [4.78, 5) is 0. The monoisotopic (exact) mass is 99.1 g/mol. The van der Waals surface area contributed by atoms with Crippen molar-refractivity contribution >= 4 is 0 Å². The second kappa shape index (κ2) is 3.72. The predicted molar refractivity (Wildman–Crippen MR) is 32.8 cm³/mol. The molecule has 0 amide bonds. The van der Waals surface area contributed by atoms with Gasteiger partial charge in [-0.3, -0.25) is 0 Å². The molecular formula is C6H13N. The molecule has 0 aromatic rings. The van der Waals surface area contributed by atoms with Crippen molar-refractivity contribution in [3.05, 3.63) is 12.3 Å². The zero-order valence-electron chi connectivity index (χ0n) is 5.02. The van der Waals surface area contributed by atoms with E-state index in [1.165, 1.54) is 6.42 Å². The summed E-state index contributed by atoms with van der Waals surface area (Å²) >= 11 is 0. The first-order chi connectivity index (χ1) is 3.31. The van der Waals surface area contributed by atoms with Gasteiger partial charge in [-0.1, -0.05) is 26.3 Å². The van der Waals surface area contributed by atoms with Gasteiger partial charge < -0.3 is 5.73 Å². The molecule has 0 rings (SSSR count). The van der Waals surface area contributed by atoms with E-state index in [2.05, 4.69) is 13.8 Å². The lowest BCUT2D eigenvalue weighted by atomic mass is 10.1. The average molecular weight is 99.2 g/mol. The van der Waals surface area contributed by atoms with Gasteiger partial charge in [-0.15, -0.1) is 0 Å². The highest BCUT2D eigenvalue weighted by Gasteiger charge is 1.86. The first-order valence-electron chi connectivity index (χ1n) is 2.69. The van der Waals surface area contributed by atoms with Crippen LogP contribution in [0.1, 0.15) is 20.3 Å². The van der Waals surface area contributed by atoms with E-state index in [1.807, 2.05) is 6.08 Å². The van der Waals surface area contributed by atoms with Gasteiger partial charge in [0.1, 0.15) is 0 Å². The van der Waals surface area contributed by atoms with Crippen molar-refractivity contribution in [2.24, 2.45) is 11.7 Å². The number of nitrogens with two attached hydrogens (primary N) is 1. The Morgan fingerprint density at radius 3 is 2.43 bits per heavy atom. The Balaban J connectivity index is 3.16. The average Bonchev–Trinajstić information content (AvgIpc) is 1.68. The Morgan fingerprint density at radius 1 is 1.71 bits per heavy atom. The van der Waals surface area contributed by atoms with E-state index >= 15 is 0 Å². The van der Waals surface area contributed by atoms with Crippen LogP contribution in [0.3, 0.4) is 0 Å². The minimum atomic E-state index is 0.644. The van der Waals surface area contributed by atoms with E-state index in [-0.39, 0.29) is 0 Å². The minimum absolute atomic E-state index is 0.644. The van der Waals surface area contributed by atoms with Crippen LogP contribution in [0.2, 0.25) is 0 Å². The van der Waals surface area contributed by atoms with E-state index in [9.17, 15) is 0 Å². The van der Waals surface area contributed by atoms with Gasteiger partial charge in [0.05, 0.1) is 0 Å². The van der Waals surface area contributed by atoms with Crippen LogP contribution in [0.15, 0.2) is 12.3 Å². The third kappa shape index (κ3) is 3.37. The lowest BCUT2D eigenvalue weighted by Crippen LogP contribution is -1.86. The molecule has 1 unspecified atom stereocenters. The summed E-state index contributed by atoms with van der Waals surface area (Å²) in [6.07, 6.45) is 4.78. The molecule has 0 aromatic heterocycles. The van der Waals surface area contributed by atoms with E-state index in [0.717, 1.165) is 0 Å². The smallest absolute Gasteiger partial charge is 0.0100 e. The molecule has 0 saturated carbocycles. The van der Waals surface area contributed by atoms with Gasteiger partial charge in [0.15, 0.2) is 0 Å². The Morgan fingerprint density at radius 2 is 2.29 bits per heavy atom. The quantitative estimate of drug-likeness (QED) is 0.558. The van der Waals surface area contributed by atoms with Crippen LogP contribution in [-0.2, 0) is 0 Å². The molecule has 0 aliphatic rings. The normalized spacial score (nSPS) is 15.1. The lowest BCUT2D eigenvalue weighted by Gasteiger charge is -1.95. The van der Waals surface area contributed by atoms with Crippen LogP contribution in [0.5, 0.6) is 0 Å². The molecule has 7 heavy (non-hydrogen) atoms. The number of allylic oxidation sites excluding steroid dienone is 1. The van der Waals surface area contributed by atoms with Crippen LogP contribution < -0.4 is 5.73 Å². The van der Waals surface area contributed by atoms with E-state index in [4.69, 9.17) is 5.73 Å². The van der Waals surface area contributed by atoms with Crippen LogP contribution in [0.4, 0.5) is 0 Å². The Hall–Kier alpha value is -0.460. The first-order valence-corrected chi connectivity index (χ1v) is 2.69. The predicted octanol–water partition coefficient (Wildman–Crippen LogP) is 1.50. The summed E-state index contributed by atoms with van der Waals surface area (Å²) in [7, 11) is 0. The summed E-state index contributed by atoms with van der Waals surface area (Å²) in [5, 5.41) is 0. The van der Waals surface area contributed by atoms with Crippen molar-refractivity contribution in [3.63, 3.8) is 0 Å². The molecule has 1 atom stereocenters. The molecule has 2 N–H and O–H groups in total. The second-order valence-electron chi connectivity index (χ2n) is 1.77. The molecular weight excluding hydrogens is 86.1 g/mol. The number of hydrogen-bond acceptors (Lipinski definition) is 1. The highest BCUT2D eigenvalue weighted by molar-refractivity contribution is 4.80. The SMILES string of the molecule is CCC(C)C=CN. The van der Waals surface area contributed by atoms with Crippen molar-refractivity contribution in [3.8, 4) is 0 Å². The number of rotatable bonds is 2. The molecule has 0 saturated heterocycles. The maximum atomic E-state index is 5.12. The molecule has 0 bridgehead atoms. The van der Waals surface area contributed by atoms with Crippen molar-refractivity contribution in [2.75, 3.05) is 0 Å². The standard InChI is InChI=1S/C6H13N/c1-3-6(2)4-5-7/h4-6H,3,7H2,1-2H3. The molecule has 1 heteroatoms. The van der Waals surface area contributed by atoms with Crippen molar-refractivity contribution in [1.29, 1.82) is 0 Å². The van der Waals surface area contributed by atoms with Gasteiger partial charge in [-0.2, -0.15) is 0 Å². The molecule has 0 heterocycles. The molecule has 0 spiro atoms. The summed E-state index contributed by atoms with van der Waals surface area (Å²) in [5.74, 6) is 0.644. The number of hydrogen-bond donors (Lipinski definition) is 1. The van der Waals surface area contributed by atoms with E-state index in [0.29, 0.717) is 5.92 Å². The molecule has 42 valence electrons. The highest BCUT2D eigenvalue weighted by Crippen LogP contribution is 1.99. The fourth-order valence-electron chi connectivity index (χ4n) is 0.326.